The largest absolute Gasteiger partial charge is 0.306 e. The van der Waals surface area contributed by atoms with Crippen molar-refractivity contribution in [3.8, 4) is 0 Å². The lowest BCUT2D eigenvalue weighted by Crippen LogP contribution is -2.13. The molecule has 1 amide bonds. The van der Waals surface area contributed by atoms with Crippen LogP contribution in [-0.4, -0.2) is 15.9 Å². The van der Waals surface area contributed by atoms with E-state index in [4.69, 9.17) is 0 Å². The average molecular weight is 352 g/mol. The summed E-state index contributed by atoms with van der Waals surface area (Å²) in [5.74, 6) is -0.492. The topological polar surface area (TPSA) is 54.9 Å². The fourth-order valence-electron chi connectivity index (χ4n) is 1.74. The van der Waals surface area contributed by atoms with Crippen LogP contribution >= 0.6 is 27.3 Å². The van der Waals surface area contributed by atoms with Gasteiger partial charge in [0.15, 0.2) is 0 Å². The van der Waals surface area contributed by atoms with Gasteiger partial charge in [-0.15, -0.1) is 11.3 Å². The number of fused-ring (bicyclic) bond motifs is 1. The van der Waals surface area contributed by atoms with Crippen LogP contribution in [0.1, 0.15) is 10.4 Å². The van der Waals surface area contributed by atoms with Crippen molar-refractivity contribution in [1.82, 2.24) is 9.97 Å². The molecular weight excluding hydrogens is 345 g/mol. The summed E-state index contributed by atoms with van der Waals surface area (Å²) in [6, 6.07) is 6.24. The first kappa shape index (κ1) is 13.1. The molecule has 0 aliphatic carbocycles. The molecule has 2 aromatic heterocycles. The number of pyridine rings is 1. The minimum absolute atomic E-state index is 0.291. The molecule has 0 saturated carbocycles. The number of benzene rings is 1. The van der Waals surface area contributed by atoms with E-state index in [1.54, 1.807) is 11.6 Å². The van der Waals surface area contributed by atoms with E-state index in [2.05, 4.69) is 31.2 Å². The smallest absolute Gasteiger partial charge is 0.259 e. The van der Waals surface area contributed by atoms with Crippen LogP contribution in [0.3, 0.4) is 0 Å². The normalized spacial score (nSPS) is 10.7. The molecule has 0 saturated heterocycles. The zero-order valence-corrected chi connectivity index (χ0v) is 12.3. The molecule has 100 valence electrons. The zero-order valence-electron chi connectivity index (χ0n) is 9.93. The van der Waals surface area contributed by atoms with Crippen molar-refractivity contribution in [2.75, 3.05) is 5.32 Å². The van der Waals surface area contributed by atoms with Gasteiger partial charge in [0.05, 0.1) is 27.5 Å². The van der Waals surface area contributed by atoms with E-state index in [0.29, 0.717) is 16.9 Å². The maximum Gasteiger partial charge on any atom is 0.259 e. The van der Waals surface area contributed by atoms with Gasteiger partial charge in [0.2, 0.25) is 0 Å². The van der Waals surface area contributed by atoms with Crippen LogP contribution in [0.5, 0.6) is 0 Å². The molecule has 1 aromatic carbocycles. The average Bonchev–Trinajstić information content (AvgIpc) is 2.88. The number of carbonyl (C=O) groups is 1. The van der Waals surface area contributed by atoms with Gasteiger partial charge in [0.1, 0.15) is 11.6 Å². The zero-order chi connectivity index (χ0) is 14.1. The molecule has 7 heteroatoms. The van der Waals surface area contributed by atoms with Crippen LogP contribution in [0.25, 0.3) is 10.2 Å². The van der Waals surface area contributed by atoms with E-state index >= 15 is 0 Å². The highest BCUT2D eigenvalue weighted by molar-refractivity contribution is 9.10. The molecular formula is C13H7BrFN3OS. The fraction of sp³-hybridized carbons (Fsp3) is 0. The van der Waals surface area contributed by atoms with Crippen molar-refractivity contribution < 1.29 is 9.18 Å². The maximum absolute atomic E-state index is 12.8. The molecule has 3 rings (SSSR count). The molecule has 1 N–H and O–H groups in total. The Morgan fingerprint density at radius 3 is 2.90 bits per heavy atom. The number of anilines is 1. The summed E-state index contributed by atoms with van der Waals surface area (Å²) in [4.78, 5) is 20.3. The van der Waals surface area contributed by atoms with E-state index in [9.17, 15) is 9.18 Å². The second-order valence-corrected chi connectivity index (χ2v) is 5.77. The first-order valence-electron chi connectivity index (χ1n) is 5.59. The number of rotatable bonds is 2. The number of aromatic nitrogens is 2. The second kappa shape index (κ2) is 5.26. The van der Waals surface area contributed by atoms with Crippen molar-refractivity contribution in [2.24, 2.45) is 0 Å². The predicted octanol–water partition coefficient (Wildman–Crippen LogP) is 3.85. The molecule has 4 nitrogen and oxygen atoms in total. The van der Waals surface area contributed by atoms with Crippen molar-refractivity contribution in [2.45, 2.75) is 0 Å². The predicted molar refractivity (Wildman–Crippen MR) is 79.5 cm³/mol. The standard InChI is InChI=1S/C13H7BrFN3OS/c14-7-3-9(12-10(4-7)20-6-17-12)13(19)18-11-2-1-8(15)5-16-11/h1-6H,(H,16,18,19). The van der Waals surface area contributed by atoms with Gasteiger partial charge in [0.25, 0.3) is 5.91 Å². The minimum atomic E-state index is -0.452. The lowest BCUT2D eigenvalue weighted by Gasteiger charge is -2.05. The highest BCUT2D eigenvalue weighted by atomic mass is 79.9. The van der Waals surface area contributed by atoms with E-state index in [0.717, 1.165) is 15.4 Å². The summed E-state index contributed by atoms with van der Waals surface area (Å²) in [6.45, 7) is 0. The van der Waals surface area contributed by atoms with E-state index in [-0.39, 0.29) is 5.91 Å². The number of hydrogen-bond acceptors (Lipinski definition) is 4. The van der Waals surface area contributed by atoms with Crippen molar-refractivity contribution >= 4 is 49.2 Å². The number of thiazole rings is 1. The van der Waals surface area contributed by atoms with E-state index < -0.39 is 5.82 Å². The van der Waals surface area contributed by atoms with Gasteiger partial charge in [-0.3, -0.25) is 4.79 Å². The molecule has 0 unspecified atom stereocenters. The Morgan fingerprint density at radius 1 is 1.30 bits per heavy atom. The summed E-state index contributed by atoms with van der Waals surface area (Å²) in [7, 11) is 0. The van der Waals surface area contributed by atoms with E-state index in [1.165, 1.54) is 23.5 Å². The number of hydrogen-bond donors (Lipinski definition) is 1. The third-order valence-electron chi connectivity index (χ3n) is 2.61. The lowest BCUT2D eigenvalue weighted by molar-refractivity contribution is 0.102. The molecule has 3 aromatic rings. The Hall–Kier alpha value is -1.86. The monoisotopic (exact) mass is 351 g/mol. The number of nitrogens with one attached hydrogen (secondary N) is 1. The molecule has 0 atom stereocenters. The number of nitrogens with zero attached hydrogens (tertiary/aromatic N) is 2. The molecule has 20 heavy (non-hydrogen) atoms. The lowest BCUT2D eigenvalue weighted by atomic mass is 10.2. The number of carbonyl (C=O) groups excluding carboxylic acids is 1. The van der Waals surface area contributed by atoms with Gasteiger partial charge in [-0.05, 0) is 24.3 Å². The van der Waals surface area contributed by atoms with Gasteiger partial charge < -0.3 is 5.32 Å². The Bertz CT molecular complexity index is 788. The number of halogens is 2. The van der Waals surface area contributed by atoms with Crippen LogP contribution in [-0.2, 0) is 0 Å². The fourth-order valence-corrected chi connectivity index (χ4v) is 3.09. The van der Waals surface area contributed by atoms with Crippen LogP contribution in [0.2, 0.25) is 0 Å². The summed E-state index contributed by atoms with van der Waals surface area (Å²) >= 11 is 4.82. The second-order valence-electron chi connectivity index (χ2n) is 3.97. The summed E-state index contributed by atoms with van der Waals surface area (Å²) in [5.41, 5.74) is 2.77. The number of amides is 1. The Labute approximate surface area is 125 Å². The van der Waals surface area contributed by atoms with Gasteiger partial charge >= 0.3 is 0 Å². The third kappa shape index (κ3) is 2.54. The first-order chi connectivity index (χ1) is 9.63. The van der Waals surface area contributed by atoms with Crippen molar-refractivity contribution in [1.29, 1.82) is 0 Å². The van der Waals surface area contributed by atoms with Crippen molar-refractivity contribution in [3.05, 3.63) is 51.8 Å². The molecule has 0 aliphatic rings. The highest BCUT2D eigenvalue weighted by Gasteiger charge is 2.14. The van der Waals surface area contributed by atoms with E-state index in [1.807, 2.05) is 6.07 Å². The molecule has 2 heterocycles. The Kier molecular flexibility index (Phi) is 3.45. The summed E-state index contributed by atoms with van der Waals surface area (Å²) in [5, 5.41) is 2.62. The van der Waals surface area contributed by atoms with Crippen molar-refractivity contribution in [3.63, 3.8) is 0 Å². The molecule has 0 fully saturated rings. The molecule has 0 bridgehead atoms. The molecule has 0 radical (unpaired) electrons. The summed E-state index contributed by atoms with van der Waals surface area (Å²) < 4.78 is 14.5. The van der Waals surface area contributed by atoms with Crippen LogP contribution in [0.4, 0.5) is 10.2 Å². The quantitative estimate of drug-likeness (QED) is 0.762. The summed E-state index contributed by atoms with van der Waals surface area (Å²) in [6.07, 6.45) is 1.05. The molecule has 0 aliphatic heterocycles. The van der Waals surface area contributed by atoms with Gasteiger partial charge in [-0.25, -0.2) is 14.4 Å². The van der Waals surface area contributed by atoms with Crippen LogP contribution in [0, 0.1) is 5.82 Å². The van der Waals surface area contributed by atoms with Gasteiger partial charge in [-0.2, -0.15) is 0 Å². The molecule has 0 spiro atoms. The minimum Gasteiger partial charge on any atom is -0.306 e. The van der Waals surface area contributed by atoms with Crippen LogP contribution in [0.15, 0.2) is 40.4 Å². The maximum atomic E-state index is 12.8. The van der Waals surface area contributed by atoms with Crippen LogP contribution < -0.4 is 5.32 Å². The van der Waals surface area contributed by atoms with Gasteiger partial charge in [-0.1, -0.05) is 15.9 Å². The Balaban J connectivity index is 1.96. The SMILES string of the molecule is O=C(Nc1ccc(F)cn1)c1cc(Br)cc2scnc12. The highest BCUT2D eigenvalue weighted by Crippen LogP contribution is 2.26. The first-order valence-corrected chi connectivity index (χ1v) is 7.26. The Morgan fingerprint density at radius 2 is 2.15 bits per heavy atom. The third-order valence-corrected chi connectivity index (χ3v) is 3.85. The van der Waals surface area contributed by atoms with Gasteiger partial charge in [0, 0.05) is 4.47 Å².